The number of nitrogens with zero attached hydrogens (tertiary/aromatic N) is 1. The van der Waals surface area contributed by atoms with Crippen LogP contribution in [-0.4, -0.2) is 23.1 Å². The Kier molecular flexibility index (Phi) is 3.97. The quantitative estimate of drug-likeness (QED) is 0.845. The average Bonchev–Trinajstić information content (AvgIpc) is 2.30. The van der Waals surface area contributed by atoms with Gasteiger partial charge in [-0.25, -0.2) is 0 Å². The Bertz CT molecular complexity index is 329. The van der Waals surface area contributed by atoms with E-state index in [1.54, 1.807) is 0 Å². The first-order valence-corrected chi connectivity index (χ1v) is 6.25. The van der Waals surface area contributed by atoms with Gasteiger partial charge in [0.15, 0.2) is 0 Å². The molecule has 1 N–H and O–H groups in total. The molecule has 0 radical (unpaired) electrons. The molecular formula is C14H21NO. The van der Waals surface area contributed by atoms with Crippen molar-refractivity contribution in [2.24, 2.45) is 0 Å². The van der Waals surface area contributed by atoms with E-state index in [1.807, 2.05) is 19.1 Å². The highest BCUT2D eigenvalue weighted by molar-refractivity contribution is 5.24. The van der Waals surface area contributed by atoms with Crippen LogP contribution in [0.4, 0.5) is 0 Å². The van der Waals surface area contributed by atoms with Gasteiger partial charge in [-0.15, -0.1) is 0 Å². The maximum atomic E-state index is 9.54. The molecule has 1 aromatic rings. The van der Waals surface area contributed by atoms with Crippen molar-refractivity contribution in [1.29, 1.82) is 0 Å². The van der Waals surface area contributed by atoms with E-state index in [0.29, 0.717) is 0 Å². The first-order chi connectivity index (χ1) is 7.75. The molecule has 1 heterocycles. The van der Waals surface area contributed by atoms with E-state index in [-0.39, 0.29) is 6.10 Å². The number of piperidine rings is 1. The van der Waals surface area contributed by atoms with Gasteiger partial charge < -0.3 is 5.11 Å². The minimum absolute atomic E-state index is 0.360. The first-order valence-electron chi connectivity index (χ1n) is 6.25. The summed E-state index contributed by atoms with van der Waals surface area (Å²) in [4.78, 5) is 2.50. The summed E-state index contributed by atoms with van der Waals surface area (Å²) >= 11 is 0. The van der Waals surface area contributed by atoms with Crippen molar-refractivity contribution >= 4 is 0 Å². The molecule has 0 aromatic heterocycles. The summed E-state index contributed by atoms with van der Waals surface area (Å²) in [6.07, 6.45) is 3.68. The summed E-state index contributed by atoms with van der Waals surface area (Å²) in [6.45, 7) is 5.29. The van der Waals surface area contributed by atoms with Crippen LogP contribution in [0.2, 0.25) is 0 Å². The van der Waals surface area contributed by atoms with Crippen molar-refractivity contribution in [2.45, 2.75) is 38.8 Å². The predicted octanol–water partition coefficient (Wildman–Crippen LogP) is 2.73. The molecule has 2 nitrogen and oxygen atoms in total. The third-order valence-electron chi connectivity index (χ3n) is 3.29. The molecule has 16 heavy (non-hydrogen) atoms. The maximum Gasteiger partial charge on any atom is 0.0762 e. The highest BCUT2D eigenvalue weighted by Crippen LogP contribution is 2.17. The summed E-state index contributed by atoms with van der Waals surface area (Å²) in [6, 6.07) is 8.31. The Labute approximate surface area is 97.9 Å². The third-order valence-corrected chi connectivity index (χ3v) is 3.29. The molecule has 1 aliphatic heterocycles. The lowest BCUT2D eigenvalue weighted by Crippen LogP contribution is -2.29. The molecule has 0 aliphatic carbocycles. The predicted molar refractivity (Wildman–Crippen MR) is 66.2 cm³/mol. The Balaban J connectivity index is 2.00. The lowest BCUT2D eigenvalue weighted by Gasteiger charge is -2.26. The zero-order valence-corrected chi connectivity index (χ0v) is 10.0. The standard InChI is InChI=1S/C14H21NO/c1-12(16)14-7-5-6-13(10-14)11-15-8-3-2-4-9-15/h5-7,10,12,16H,2-4,8-9,11H2,1H3. The van der Waals surface area contributed by atoms with Crippen LogP contribution < -0.4 is 0 Å². The molecule has 2 heteroatoms. The van der Waals surface area contributed by atoms with E-state index in [2.05, 4.69) is 17.0 Å². The van der Waals surface area contributed by atoms with Crippen LogP contribution in [0.3, 0.4) is 0 Å². The van der Waals surface area contributed by atoms with Gasteiger partial charge in [-0.05, 0) is 44.0 Å². The summed E-state index contributed by atoms with van der Waals surface area (Å²) in [5.41, 5.74) is 2.34. The average molecular weight is 219 g/mol. The smallest absolute Gasteiger partial charge is 0.0762 e. The largest absolute Gasteiger partial charge is 0.389 e. The lowest BCUT2D eigenvalue weighted by atomic mass is 10.1. The van der Waals surface area contributed by atoms with Crippen LogP contribution in [0, 0.1) is 0 Å². The molecule has 0 spiro atoms. The van der Waals surface area contributed by atoms with Gasteiger partial charge >= 0.3 is 0 Å². The minimum atomic E-state index is -0.360. The van der Waals surface area contributed by atoms with Crippen molar-refractivity contribution in [1.82, 2.24) is 4.90 Å². The molecule has 1 atom stereocenters. The summed E-state index contributed by atoms with van der Waals surface area (Å²) < 4.78 is 0. The van der Waals surface area contributed by atoms with Gasteiger partial charge in [0.2, 0.25) is 0 Å². The summed E-state index contributed by atoms with van der Waals surface area (Å²) in [7, 11) is 0. The number of aliphatic hydroxyl groups excluding tert-OH is 1. The first kappa shape index (κ1) is 11.6. The fourth-order valence-corrected chi connectivity index (χ4v) is 2.33. The van der Waals surface area contributed by atoms with Crippen molar-refractivity contribution in [3.8, 4) is 0 Å². The molecule has 0 bridgehead atoms. The summed E-state index contributed by atoms with van der Waals surface area (Å²) in [5, 5.41) is 9.54. The zero-order valence-electron chi connectivity index (χ0n) is 10.0. The summed E-state index contributed by atoms with van der Waals surface area (Å²) in [5.74, 6) is 0. The molecule has 2 rings (SSSR count). The van der Waals surface area contributed by atoms with Crippen molar-refractivity contribution < 1.29 is 5.11 Å². The van der Waals surface area contributed by atoms with Crippen LogP contribution in [0.25, 0.3) is 0 Å². The number of benzene rings is 1. The van der Waals surface area contributed by atoms with E-state index in [4.69, 9.17) is 0 Å². The second-order valence-electron chi connectivity index (χ2n) is 4.76. The number of hydrogen-bond acceptors (Lipinski definition) is 2. The van der Waals surface area contributed by atoms with E-state index in [1.165, 1.54) is 37.9 Å². The minimum Gasteiger partial charge on any atom is -0.389 e. The number of hydrogen-bond donors (Lipinski definition) is 1. The van der Waals surface area contributed by atoms with Gasteiger partial charge in [0.1, 0.15) is 0 Å². The maximum absolute atomic E-state index is 9.54. The number of rotatable bonds is 3. The van der Waals surface area contributed by atoms with Gasteiger partial charge in [0, 0.05) is 6.54 Å². The van der Waals surface area contributed by atoms with E-state index >= 15 is 0 Å². The van der Waals surface area contributed by atoms with E-state index in [9.17, 15) is 5.11 Å². The fourth-order valence-electron chi connectivity index (χ4n) is 2.33. The van der Waals surface area contributed by atoms with Crippen LogP contribution in [-0.2, 0) is 6.54 Å². The van der Waals surface area contributed by atoms with Crippen molar-refractivity contribution in [2.75, 3.05) is 13.1 Å². The van der Waals surface area contributed by atoms with Crippen LogP contribution in [0.15, 0.2) is 24.3 Å². The second kappa shape index (κ2) is 5.46. The third kappa shape index (κ3) is 3.06. The SMILES string of the molecule is CC(O)c1cccc(CN2CCCCC2)c1. The highest BCUT2D eigenvalue weighted by atomic mass is 16.3. The van der Waals surface area contributed by atoms with E-state index in [0.717, 1.165) is 12.1 Å². The van der Waals surface area contributed by atoms with Crippen LogP contribution >= 0.6 is 0 Å². The molecule has 0 amide bonds. The fraction of sp³-hybridized carbons (Fsp3) is 0.571. The Morgan fingerprint density at radius 1 is 1.25 bits per heavy atom. The number of likely N-dealkylation sites (tertiary alicyclic amines) is 1. The van der Waals surface area contributed by atoms with E-state index < -0.39 is 0 Å². The van der Waals surface area contributed by atoms with Gasteiger partial charge in [-0.2, -0.15) is 0 Å². The van der Waals surface area contributed by atoms with Crippen molar-refractivity contribution in [3.05, 3.63) is 35.4 Å². The zero-order chi connectivity index (χ0) is 11.4. The Hall–Kier alpha value is -0.860. The highest BCUT2D eigenvalue weighted by Gasteiger charge is 2.10. The number of aliphatic hydroxyl groups is 1. The van der Waals surface area contributed by atoms with Crippen LogP contribution in [0.5, 0.6) is 0 Å². The molecule has 1 saturated heterocycles. The molecular weight excluding hydrogens is 198 g/mol. The van der Waals surface area contributed by atoms with Gasteiger partial charge in [0.05, 0.1) is 6.10 Å². The van der Waals surface area contributed by atoms with Crippen molar-refractivity contribution in [3.63, 3.8) is 0 Å². The Morgan fingerprint density at radius 3 is 2.69 bits per heavy atom. The molecule has 88 valence electrons. The van der Waals surface area contributed by atoms with Gasteiger partial charge in [-0.1, -0.05) is 30.7 Å². The molecule has 1 fully saturated rings. The normalized spacial score (nSPS) is 19.6. The Morgan fingerprint density at radius 2 is 2.00 bits per heavy atom. The monoisotopic (exact) mass is 219 g/mol. The van der Waals surface area contributed by atoms with Crippen LogP contribution in [0.1, 0.15) is 43.4 Å². The lowest BCUT2D eigenvalue weighted by molar-refractivity contribution is 0.198. The second-order valence-corrected chi connectivity index (χ2v) is 4.76. The van der Waals surface area contributed by atoms with Gasteiger partial charge in [-0.3, -0.25) is 4.90 Å². The molecule has 1 aliphatic rings. The molecule has 0 saturated carbocycles. The molecule has 1 aromatic carbocycles. The van der Waals surface area contributed by atoms with Gasteiger partial charge in [0.25, 0.3) is 0 Å². The topological polar surface area (TPSA) is 23.5 Å². The molecule has 1 unspecified atom stereocenters.